The molecule has 1 rings (SSSR count). The van der Waals surface area contributed by atoms with Crippen molar-refractivity contribution in [1.29, 1.82) is 0 Å². The number of anilines is 3. The molecule has 0 radical (unpaired) electrons. The number of amides is 1. The average Bonchev–Trinajstić information content (AvgIpc) is 2.25. The number of hydrogen-bond donors (Lipinski definition) is 4. The van der Waals surface area contributed by atoms with Crippen LogP contribution in [-0.2, 0) is 4.79 Å². The van der Waals surface area contributed by atoms with Crippen LogP contribution in [0.2, 0.25) is 5.02 Å². The lowest BCUT2D eigenvalue weighted by molar-refractivity contribution is -0.118. The van der Waals surface area contributed by atoms with E-state index in [0.29, 0.717) is 0 Å². The molecule has 0 aromatic heterocycles. The summed E-state index contributed by atoms with van der Waals surface area (Å²) >= 11 is 5.61. The highest BCUT2D eigenvalue weighted by Gasteiger charge is 2.14. The minimum absolute atomic E-state index is 0.0252. The highest BCUT2D eigenvalue weighted by atomic mass is 35.5. The van der Waals surface area contributed by atoms with E-state index < -0.39 is 5.82 Å². The fourth-order valence-corrected chi connectivity index (χ4v) is 1.25. The van der Waals surface area contributed by atoms with Crippen molar-refractivity contribution in [2.24, 2.45) is 0 Å². The van der Waals surface area contributed by atoms with Crippen LogP contribution >= 0.6 is 11.6 Å². The smallest absolute Gasteiger partial charge is 0.239 e. The number of rotatable bonds is 3. The van der Waals surface area contributed by atoms with Gasteiger partial charge in [-0.05, 0) is 6.07 Å². The quantitative estimate of drug-likeness (QED) is 0.594. The van der Waals surface area contributed by atoms with Crippen molar-refractivity contribution >= 4 is 34.6 Å². The number of carbonyl (C=O) groups excluding carboxylic acids is 1. The van der Waals surface area contributed by atoms with Gasteiger partial charge >= 0.3 is 0 Å². The Morgan fingerprint density at radius 3 is 2.69 bits per heavy atom. The van der Waals surface area contributed by atoms with Crippen LogP contribution in [0.5, 0.6) is 0 Å². The summed E-state index contributed by atoms with van der Waals surface area (Å²) in [5.41, 5.74) is 11.1. The summed E-state index contributed by atoms with van der Waals surface area (Å²) in [7, 11) is 1.47. The van der Waals surface area contributed by atoms with Gasteiger partial charge in [0, 0.05) is 7.05 Å². The summed E-state index contributed by atoms with van der Waals surface area (Å²) in [4.78, 5) is 11.0. The molecule has 0 aliphatic carbocycles. The topological polar surface area (TPSA) is 93.2 Å². The van der Waals surface area contributed by atoms with Crippen molar-refractivity contribution in [3.05, 3.63) is 16.9 Å². The molecular formula is C9H12ClFN4O. The molecule has 0 aliphatic rings. The molecule has 0 aliphatic heterocycles. The minimum atomic E-state index is -0.761. The van der Waals surface area contributed by atoms with Crippen LogP contribution in [0.4, 0.5) is 21.5 Å². The Morgan fingerprint density at radius 1 is 1.50 bits per heavy atom. The first-order valence-corrected chi connectivity index (χ1v) is 4.82. The summed E-state index contributed by atoms with van der Waals surface area (Å²) in [5.74, 6) is -1.06. The molecule has 0 saturated carbocycles. The van der Waals surface area contributed by atoms with Gasteiger partial charge in [0.2, 0.25) is 5.91 Å². The summed E-state index contributed by atoms with van der Waals surface area (Å²) in [6.07, 6.45) is 0. The predicted molar refractivity (Wildman–Crippen MR) is 62.8 cm³/mol. The van der Waals surface area contributed by atoms with Gasteiger partial charge in [0.1, 0.15) is 5.02 Å². The lowest BCUT2D eigenvalue weighted by atomic mass is 10.2. The lowest BCUT2D eigenvalue weighted by Gasteiger charge is -2.12. The molecule has 1 aromatic rings. The number of hydrogen-bond acceptors (Lipinski definition) is 4. The third-order valence-electron chi connectivity index (χ3n) is 1.97. The number of nitrogens with one attached hydrogen (secondary N) is 2. The van der Waals surface area contributed by atoms with Gasteiger partial charge in [-0.2, -0.15) is 0 Å². The van der Waals surface area contributed by atoms with E-state index in [9.17, 15) is 9.18 Å². The second-order valence-electron chi connectivity index (χ2n) is 3.08. The molecule has 6 N–H and O–H groups in total. The van der Waals surface area contributed by atoms with Crippen LogP contribution in [0, 0.1) is 5.82 Å². The molecule has 88 valence electrons. The molecule has 0 heterocycles. The van der Waals surface area contributed by atoms with Gasteiger partial charge in [0.15, 0.2) is 5.82 Å². The molecule has 0 saturated heterocycles. The Hall–Kier alpha value is -1.69. The number of benzene rings is 1. The van der Waals surface area contributed by atoms with Gasteiger partial charge in [-0.1, -0.05) is 11.6 Å². The van der Waals surface area contributed by atoms with E-state index >= 15 is 0 Å². The molecule has 0 atom stereocenters. The van der Waals surface area contributed by atoms with Gasteiger partial charge in [0.05, 0.1) is 23.6 Å². The Labute approximate surface area is 96.9 Å². The fourth-order valence-electron chi connectivity index (χ4n) is 1.10. The van der Waals surface area contributed by atoms with E-state index in [2.05, 4.69) is 10.6 Å². The zero-order chi connectivity index (χ0) is 12.3. The van der Waals surface area contributed by atoms with Crippen molar-refractivity contribution < 1.29 is 9.18 Å². The molecule has 7 heteroatoms. The van der Waals surface area contributed by atoms with Crippen molar-refractivity contribution in [2.75, 3.05) is 30.4 Å². The molecule has 1 aromatic carbocycles. The Balaban J connectivity index is 2.96. The van der Waals surface area contributed by atoms with Gasteiger partial charge in [-0.3, -0.25) is 4.79 Å². The summed E-state index contributed by atoms with van der Waals surface area (Å²) in [6.45, 7) is -0.0993. The van der Waals surface area contributed by atoms with E-state index in [1.807, 2.05) is 0 Å². The van der Waals surface area contributed by atoms with E-state index in [0.717, 1.165) is 0 Å². The van der Waals surface area contributed by atoms with E-state index in [1.54, 1.807) is 0 Å². The molecule has 16 heavy (non-hydrogen) atoms. The molecular weight excluding hydrogens is 235 g/mol. The first-order chi connectivity index (χ1) is 7.47. The zero-order valence-electron chi connectivity index (χ0n) is 8.60. The number of nitrogens with two attached hydrogens (primary N) is 2. The highest BCUT2D eigenvalue weighted by molar-refractivity contribution is 6.33. The maximum atomic E-state index is 13.6. The van der Waals surface area contributed by atoms with Crippen LogP contribution in [0.25, 0.3) is 0 Å². The van der Waals surface area contributed by atoms with Crippen LogP contribution in [0.1, 0.15) is 0 Å². The predicted octanol–water partition coefficient (Wildman–Crippen LogP) is 0.801. The first kappa shape index (κ1) is 12.4. The van der Waals surface area contributed by atoms with Crippen molar-refractivity contribution in [2.45, 2.75) is 0 Å². The van der Waals surface area contributed by atoms with Gasteiger partial charge in [-0.15, -0.1) is 0 Å². The molecule has 1 amide bonds. The number of halogens is 2. The SMILES string of the molecule is CNC(=O)CNc1c(N)cc(N)c(Cl)c1F. The summed E-state index contributed by atoms with van der Waals surface area (Å²) < 4.78 is 13.6. The lowest BCUT2D eigenvalue weighted by Crippen LogP contribution is -2.26. The van der Waals surface area contributed by atoms with E-state index in [4.69, 9.17) is 23.1 Å². The van der Waals surface area contributed by atoms with Crippen LogP contribution in [0.3, 0.4) is 0 Å². The highest BCUT2D eigenvalue weighted by Crippen LogP contribution is 2.33. The maximum Gasteiger partial charge on any atom is 0.239 e. The second kappa shape index (κ2) is 4.89. The van der Waals surface area contributed by atoms with Crippen molar-refractivity contribution in [3.63, 3.8) is 0 Å². The minimum Gasteiger partial charge on any atom is -0.397 e. The van der Waals surface area contributed by atoms with E-state index in [1.165, 1.54) is 13.1 Å². The Bertz CT molecular complexity index is 424. The first-order valence-electron chi connectivity index (χ1n) is 4.44. The largest absolute Gasteiger partial charge is 0.397 e. The monoisotopic (exact) mass is 246 g/mol. The summed E-state index contributed by atoms with van der Waals surface area (Å²) in [6, 6.07) is 1.33. The van der Waals surface area contributed by atoms with Crippen molar-refractivity contribution in [3.8, 4) is 0 Å². The van der Waals surface area contributed by atoms with Crippen LogP contribution in [0.15, 0.2) is 6.07 Å². The van der Waals surface area contributed by atoms with Gasteiger partial charge in [-0.25, -0.2) is 4.39 Å². The van der Waals surface area contributed by atoms with Crippen molar-refractivity contribution in [1.82, 2.24) is 5.32 Å². The third kappa shape index (κ3) is 2.46. The Morgan fingerprint density at radius 2 is 2.12 bits per heavy atom. The van der Waals surface area contributed by atoms with Crippen LogP contribution in [-0.4, -0.2) is 19.5 Å². The molecule has 0 unspecified atom stereocenters. The standard InChI is InChI=1S/C9H12ClFN4O/c1-14-6(16)3-15-9-5(13)2-4(12)7(10)8(9)11/h2,15H,3,12-13H2,1H3,(H,14,16). The second-order valence-corrected chi connectivity index (χ2v) is 3.46. The van der Waals surface area contributed by atoms with E-state index in [-0.39, 0.29) is 34.5 Å². The number of carbonyl (C=O) groups is 1. The number of likely N-dealkylation sites (N-methyl/N-ethyl adjacent to an activating group) is 1. The average molecular weight is 247 g/mol. The summed E-state index contributed by atoms with van der Waals surface area (Å²) in [5, 5.41) is 4.71. The third-order valence-corrected chi connectivity index (χ3v) is 2.35. The van der Waals surface area contributed by atoms with Gasteiger partial charge in [0.25, 0.3) is 0 Å². The maximum absolute atomic E-state index is 13.6. The molecule has 0 bridgehead atoms. The normalized spacial score (nSPS) is 9.94. The molecule has 5 nitrogen and oxygen atoms in total. The fraction of sp³-hybridized carbons (Fsp3) is 0.222. The van der Waals surface area contributed by atoms with Gasteiger partial charge < -0.3 is 22.1 Å². The zero-order valence-corrected chi connectivity index (χ0v) is 9.36. The van der Waals surface area contributed by atoms with Crippen LogP contribution < -0.4 is 22.1 Å². The number of nitrogen functional groups attached to an aromatic ring is 2. The molecule has 0 fully saturated rings. The molecule has 0 spiro atoms. The Kier molecular flexibility index (Phi) is 3.78.